The van der Waals surface area contributed by atoms with Crippen molar-refractivity contribution < 1.29 is 4.74 Å². The average molecular weight is 398 g/mol. The Balaban J connectivity index is 1.99. The molecule has 1 unspecified atom stereocenters. The van der Waals surface area contributed by atoms with Crippen molar-refractivity contribution in [3.8, 4) is 0 Å². The molecule has 1 aromatic heterocycles. The van der Waals surface area contributed by atoms with Gasteiger partial charge in [0.15, 0.2) is 0 Å². The van der Waals surface area contributed by atoms with Crippen molar-refractivity contribution in [2.45, 2.75) is 12.6 Å². The number of aromatic nitrogens is 2. The third-order valence-electron chi connectivity index (χ3n) is 3.88. The van der Waals surface area contributed by atoms with Gasteiger partial charge in [-0.2, -0.15) is 0 Å². The molecule has 0 radical (unpaired) electrons. The Bertz CT molecular complexity index is 858. The van der Waals surface area contributed by atoms with E-state index in [1.807, 2.05) is 30.3 Å². The van der Waals surface area contributed by atoms with Gasteiger partial charge in [0, 0.05) is 20.1 Å². The van der Waals surface area contributed by atoms with Gasteiger partial charge in [-0.25, -0.2) is 4.98 Å². The smallest absolute Gasteiger partial charge is 0.136 e. The topological polar surface area (TPSA) is 27.1 Å². The zero-order valence-corrected chi connectivity index (χ0v) is 14.5. The van der Waals surface area contributed by atoms with Crippen LogP contribution in [-0.2, 0) is 11.3 Å². The number of imidazole rings is 1. The highest BCUT2D eigenvalue weighted by Gasteiger charge is 2.28. The van der Waals surface area contributed by atoms with E-state index < -0.39 is 0 Å². The first kappa shape index (κ1) is 14.5. The van der Waals surface area contributed by atoms with E-state index in [0.29, 0.717) is 23.3 Å². The third kappa shape index (κ3) is 2.26. The lowest BCUT2D eigenvalue weighted by Crippen LogP contribution is -2.25. The Hall–Kier alpha value is -1.07. The molecule has 6 heteroatoms. The van der Waals surface area contributed by atoms with Gasteiger partial charge in [-0.1, -0.05) is 45.2 Å². The van der Waals surface area contributed by atoms with Crippen LogP contribution >= 0.6 is 39.1 Å². The Morgan fingerprint density at radius 2 is 1.95 bits per heavy atom. The number of nitrogens with zero attached hydrogens (tertiary/aromatic N) is 2. The number of ether oxygens (including phenoxy) is 1. The van der Waals surface area contributed by atoms with Crippen LogP contribution in [-0.4, -0.2) is 16.2 Å². The largest absolute Gasteiger partial charge is 0.371 e. The van der Waals surface area contributed by atoms with Gasteiger partial charge in [-0.3, -0.25) is 0 Å². The summed E-state index contributed by atoms with van der Waals surface area (Å²) in [4.78, 5) is 4.66. The Morgan fingerprint density at radius 3 is 2.73 bits per heavy atom. The van der Waals surface area contributed by atoms with Gasteiger partial charge in [0.25, 0.3) is 0 Å². The second-order valence-electron chi connectivity index (χ2n) is 5.20. The van der Waals surface area contributed by atoms with Crippen molar-refractivity contribution in [3.63, 3.8) is 0 Å². The molecule has 0 fully saturated rings. The zero-order valence-electron chi connectivity index (χ0n) is 11.4. The fraction of sp³-hybridized carbons (Fsp3) is 0.188. The highest BCUT2D eigenvalue weighted by molar-refractivity contribution is 9.10. The Labute approximate surface area is 145 Å². The molecular weight excluding hydrogens is 387 g/mol. The molecule has 1 aliphatic heterocycles. The lowest BCUT2D eigenvalue weighted by Gasteiger charge is -2.28. The van der Waals surface area contributed by atoms with Crippen LogP contribution in [0.1, 0.15) is 17.4 Å². The molecule has 0 bridgehead atoms. The van der Waals surface area contributed by atoms with Gasteiger partial charge >= 0.3 is 0 Å². The van der Waals surface area contributed by atoms with Crippen LogP contribution in [0, 0.1) is 0 Å². The van der Waals surface area contributed by atoms with E-state index in [-0.39, 0.29) is 6.04 Å². The summed E-state index contributed by atoms with van der Waals surface area (Å²) in [5.74, 6) is 0.889. The van der Waals surface area contributed by atoms with E-state index >= 15 is 0 Å². The van der Waals surface area contributed by atoms with Crippen molar-refractivity contribution in [3.05, 3.63) is 62.3 Å². The Kier molecular flexibility index (Phi) is 3.65. The lowest BCUT2D eigenvalue weighted by molar-refractivity contribution is 0.0680. The molecule has 0 aliphatic carbocycles. The first-order valence-corrected chi connectivity index (χ1v) is 8.38. The number of hydrogen-bond acceptors (Lipinski definition) is 2. The predicted molar refractivity (Wildman–Crippen MR) is 91.7 cm³/mol. The summed E-state index contributed by atoms with van der Waals surface area (Å²) in [5, 5.41) is 1.29. The van der Waals surface area contributed by atoms with Gasteiger partial charge < -0.3 is 9.30 Å². The van der Waals surface area contributed by atoms with Gasteiger partial charge in [0.05, 0.1) is 23.7 Å². The van der Waals surface area contributed by atoms with Crippen LogP contribution in [0.2, 0.25) is 10.0 Å². The predicted octanol–water partition coefficient (Wildman–Crippen LogP) is 5.23. The van der Waals surface area contributed by atoms with Crippen molar-refractivity contribution >= 4 is 50.2 Å². The molecule has 0 saturated carbocycles. The molecule has 2 heterocycles. The first-order chi connectivity index (χ1) is 10.6. The summed E-state index contributed by atoms with van der Waals surface area (Å²) in [6, 6.07) is 11.5. The van der Waals surface area contributed by atoms with Crippen LogP contribution in [0.3, 0.4) is 0 Å². The second kappa shape index (κ2) is 5.53. The van der Waals surface area contributed by atoms with Crippen LogP contribution in [0.15, 0.2) is 40.9 Å². The molecule has 0 spiro atoms. The van der Waals surface area contributed by atoms with E-state index in [9.17, 15) is 0 Å². The number of benzene rings is 2. The van der Waals surface area contributed by atoms with Crippen LogP contribution in [0.4, 0.5) is 0 Å². The summed E-state index contributed by atoms with van der Waals surface area (Å²) in [6.07, 6.45) is 0. The number of rotatable bonds is 1. The molecule has 3 nitrogen and oxygen atoms in total. The van der Waals surface area contributed by atoms with Crippen LogP contribution < -0.4 is 0 Å². The molecule has 112 valence electrons. The molecular formula is C16H11BrCl2N2O. The van der Waals surface area contributed by atoms with Crippen LogP contribution in [0.25, 0.3) is 11.0 Å². The molecule has 2 aromatic carbocycles. The number of fused-ring (bicyclic) bond motifs is 3. The van der Waals surface area contributed by atoms with E-state index in [2.05, 4.69) is 31.5 Å². The van der Waals surface area contributed by atoms with Crippen molar-refractivity contribution in [1.29, 1.82) is 0 Å². The van der Waals surface area contributed by atoms with Gasteiger partial charge in [0.2, 0.25) is 0 Å². The zero-order chi connectivity index (χ0) is 15.3. The third-order valence-corrected chi connectivity index (χ3v) is 5.03. The molecule has 0 N–H and O–H groups in total. The first-order valence-electron chi connectivity index (χ1n) is 6.83. The fourth-order valence-electron chi connectivity index (χ4n) is 2.94. The fourth-order valence-corrected chi connectivity index (χ4v) is 3.94. The minimum atomic E-state index is -0.0794. The molecule has 1 atom stereocenters. The van der Waals surface area contributed by atoms with Crippen molar-refractivity contribution in [1.82, 2.24) is 9.55 Å². The molecule has 4 rings (SSSR count). The van der Waals surface area contributed by atoms with Gasteiger partial charge in [-0.15, -0.1) is 0 Å². The highest BCUT2D eigenvalue weighted by Crippen LogP contribution is 2.38. The summed E-state index contributed by atoms with van der Waals surface area (Å²) in [7, 11) is 0. The van der Waals surface area contributed by atoms with Crippen LogP contribution in [0.5, 0.6) is 0 Å². The average Bonchev–Trinajstić information content (AvgIpc) is 2.85. The molecule has 0 saturated heterocycles. The summed E-state index contributed by atoms with van der Waals surface area (Å²) in [5.41, 5.74) is 2.87. The molecule has 22 heavy (non-hydrogen) atoms. The second-order valence-corrected chi connectivity index (χ2v) is 6.93. The Morgan fingerprint density at radius 1 is 1.18 bits per heavy atom. The SMILES string of the molecule is Clc1cccc(Cl)c1C1COCc2nc3ccc(Br)cc3n21. The normalized spacial score (nSPS) is 17.7. The summed E-state index contributed by atoms with van der Waals surface area (Å²) in [6.45, 7) is 1.01. The lowest BCUT2D eigenvalue weighted by atomic mass is 10.1. The van der Waals surface area contributed by atoms with E-state index in [1.165, 1.54) is 0 Å². The van der Waals surface area contributed by atoms with Gasteiger partial charge in [-0.05, 0) is 30.3 Å². The van der Waals surface area contributed by atoms with Crippen molar-refractivity contribution in [2.75, 3.05) is 6.61 Å². The maximum absolute atomic E-state index is 6.40. The highest BCUT2D eigenvalue weighted by atomic mass is 79.9. The maximum Gasteiger partial charge on any atom is 0.136 e. The van der Waals surface area contributed by atoms with E-state index in [1.54, 1.807) is 0 Å². The monoisotopic (exact) mass is 396 g/mol. The standard InChI is InChI=1S/C16H11BrCl2N2O/c17-9-4-5-12-13(6-9)21-14(7-22-8-15(21)20-12)16-10(18)2-1-3-11(16)19/h1-6,14H,7-8H2. The quantitative estimate of drug-likeness (QED) is 0.562. The maximum atomic E-state index is 6.40. The van der Waals surface area contributed by atoms with E-state index in [0.717, 1.165) is 26.9 Å². The van der Waals surface area contributed by atoms with Gasteiger partial charge in [0.1, 0.15) is 12.4 Å². The number of hydrogen-bond donors (Lipinski definition) is 0. The number of halogens is 3. The minimum absolute atomic E-state index is 0.0794. The molecule has 0 amide bonds. The molecule has 1 aliphatic rings. The summed E-state index contributed by atoms with van der Waals surface area (Å²) < 4.78 is 8.91. The van der Waals surface area contributed by atoms with E-state index in [4.69, 9.17) is 27.9 Å². The minimum Gasteiger partial charge on any atom is -0.371 e. The molecule has 3 aromatic rings. The van der Waals surface area contributed by atoms with Crippen molar-refractivity contribution in [2.24, 2.45) is 0 Å². The summed E-state index contributed by atoms with van der Waals surface area (Å²) >= 11 is 16.3.